The van der Waals surface area contributed by atoms with E-state index in [-0.39, 0.29) is 24.5 Å². The normalized spacial score (nSPS) is 16.1. The van der Waals surface area contributed by atoms with Crippen molar-refractivity contribution in [3.05, 3.63) is 0 Å². The fourth-order valence-electron chi connectivity index (χ4n) is 0.969. The van der Waals surface area contributed by atoms with Crippen molar-refractivity contribution in [2.45, 2.75) is 45.8 Å². The fourth-order valence-corrected chi connectivity index (χ4v) is 0.969. The van der Waals surface area contributed by atoms with Gasteiger partial charge in [0.1, 0.15) is 5.60 Å². The first-order valence-corrected chi connectivity index (χ1v) is 4.87. The van der Waals surface area contributed by atoms with Crippen LogP contribution in [0.15, 0.2) is 0 Å². The molecule has 0 aliphatic heterocycles. The second kappa shape index (κ2) is 5.32. The lowest BCUT2D eigenvalue weighted by atomic mass is 10.00. The van der Waals surface area contributed by atoms with Crippen molar-refractivity contribution in [3.63, 3.8) is 0 Å². The topological polar surface area (TPSA) is 72.5 Å². The molecular formula is C10H21NO3. The Bertz CT molecular complexity index is 186. The molecule has 0 radical (unpaired) electrons. The predicted molar refractivity (Wildman–Crippen MR) is 54.7 cm³/mol. The zero-order valence-corrected chi connectivity index (χ0v) is 9.41. The van der Waals surface area contributed by atoms with Crippen molar-refractivity contribution < 1.29 is 14.6 Å². The average Bonchev–Trinajstić information content (AvgIpc) is 2.00. The van der Waals surface area contributed by atoms with E-state index in [1.165, 1.54) is 0 Å². The summed E-state index contributed by atoms with van der Waals surface area (Å²) in [4.78, 5) is 11.5. The second-order valence-electron chi connectivity index (χ2n) is 4.50. The molecule has 0 rings (SSSR count). The van der Waals surface area contributed by atoms with E-state index < -0.39 is 5.60 Å². The van der Waals surface area contributed by atoms with Gasteiger partial charge in [-0.3, -0.25) is 4.79 Å². The van der Waals surface area contributed by atoms with E-state index in [0.717, 1.165) is 0 Å². The summed E-state index contributed by atoms with van der Waals surface area (Å²) in [6.45, 7) is 7.16. The van der Waals surface area contributed by atoms with Crippen molar-refractivity contribution in [3.8, 4) is 0 Å². The minimum atomic E-state index is -0.482. The number of esters is 1. The zero-order valence-electron chi connectivity index (χ0n) is 9.41. The molecule has 0 aromatic heterocycles. The van der Waals surface area contributed by atoms with E-state index in [9.17, 15) is 4.79 Å². The largest absolute Gasteiger partial charge is 0.460 e. The van der Waals surface area contributed by atoms with Crippen LogP contribution in [0.2, 0.25) is 0 Å². The van der Waals surface area contributed by atoms with E-state index in [1.54, 1.807) is 6.92 Å². The van der Waals surface area contributed by atoms with Gasteiger partial charge in [0, 0.05) is 12.6 Å². The molecule has 0 aliphatic carbocycles. The summed E-state index contributed by atoms with van der Waals surface area (Å²) in [6.07, 6.45) is 0.417. The van der Waals surface area contributed by atoms with Crippen LogP contribution < -0.4 is 5.73 Å². The Balaban J connectivity index is 4.12. The van der Waals surface area contributed by atoms with Crippen molar-refractivity contribution in [2.24, 2.45) is 11.7 Å². The minimum absolute atomic E-state index is 0.00565. The average molecular weight is 203 g/mol. The number of ether oxygens (including phenoxy) is 1. The second-order valence-corrected chi connectivity index (χ2v) is 4.50. The van der Waals surface area contributed by atoms with Crippen molar-refractivity contribution >= 4 is 5.97 Å². The maximum Gasteiger partial charge on any atom is 0.310 e. The first kappa shape index (κ1) is 13.4. The standard InChI is InChI=1S/C10H21NO3/c1-7(8(11)5-6-12)9(13)14-10(2,3)4/h7-8,12H,5-6,11H2,1-4H3/t7?,8-/m0/s1. The maximum absolute atomic E-state index is 11.5. The molecule has 0 amide bonds. The van der Waals surface area contributed by atoms with Crippen LogP contribution in [0.5, 0.6) is 0 Å². The smallest absolute Gasteiger partial charge is 0.310 e. The number of carbonyl (C=O) groups excluding carboxylic acids is 1. The molecule has 0 saturated carbocycles. The van der Waals surface area contributed by atoms with E-state index in [0.29, 0.717) is 6.42 Å². The molecule has 1 unspecified atom stereocenters. The predicted octanol–water partition coefficient (Wildman–Crippen LogP) is 0.674. The fraction of sp³-hybridized carbons (Fsp3) is 0.900. The Labute approximate surface area is 85.4 Å². The quantitative estimate of drug-likeness (QED) is 0.659. The van der Waals surface area contributed by atoms with Crippen LogP contribution in [-0.4, -0.2) is 29.3 Å². The lowest BCUT2D eigenvalue weighted by molar-refractivity contribution is -0.160. The third-order valence-corrected chi connectivity index (χ3v) is 1.88. The summed E-state index contributed by atoms with van der Waals surface area (Å²) in [6, 6.07) is -0.338. The molecule has 0 aromatic rings. The van der Waals surface area contributed by atoms with Gasteiger partial charge in [-0.05, 0) is 27.2 Å². The van der Waals surface area contributed by atoms with Gasteiger partial charge < -0.3 is 15.6 Å². The van der Waals surface area contributed by atoms with Crippen LogP contribution in [0.1, 0.15) is 34.1 Å². The third-order valence-electron chi connectivity index (χ3n) is 1.88. The molecule has 0 aliphatic rings. The van der Waals surface area contributed by atoms with Gasteiger partial charge in [0.15, 0.2) is 0 Å². The lowest BCUT2D eigenvalue weighted by Crippen LogP contribution is -2.38. The molecular weight excluding hydrogens is 182 g/mol. The van der Waals surface area contributed by atoms with Gasteiger partial charge >= 0.3 is 5.97 Å². The Morgan fingerprint density at radius 3 is 2.36 bits per heavy atom. The molecule has 4 heteroatoms. The van der Waals surface area contributed by atoms with Crippen LogP contribution in [0.25, 0.3) is 0 Å². The van der Waals surface area contributed by atoms with Crippen LogP contribution in [0.4, 0.5) is 0 Å². The molecule has 14 heavy (non-hydrogen) atoms. The van der Waals surface area contributed by atoms with Gasteiger partial charge in [0.05, 0.1) is 5.92 Å². The summed E-state index contributed by atoms with van der Waals surface area (Å²) >= 11 is 0. The zero-order chi connectivity index (χ0) is 11.4. The van der Waals surface area contributed by atoms with Gasteiger partial charge in [-0.25, -0.2) is 0 Å². The van der Waals surface area contributed by atoms with Crippen molar-refractivity contribution in [2.75, 3.05) is 6.61 Å². The van der Waals surface area contributed by atoms with E-state index in [2.05, 4.69) is 0 Å². The van der Waals surface area contributed by atoms with E-state index in [1.807, 2.05) is 20.8 Å². The molecule has 3 N–H and O–H groups in total. The number of aliphatic hydroxyl groups is 1. The number of rotatable bonds is 4. The summed E-state index contributed by atoms with van der Waals surface area (Å²) in [5, 5.41) is 8.67. The van der Waals surface area contributed by atoms with Crippen molar-refractivity contribution in [1.29, 1.82) is 0 Å². The van der Waals surface area contributed by atoms with Gasteiger partial charge in [0.25, 0.3) is 0 Å². The molecule has 84 valence electrons. The minimum Gasteiger partial charge on any atom is -0.460 e. The first-order valence-electron chi connectivity index (χ1n) is 4.87. The lowest BCUT2D eigenvalue weighted by Gasteiger charge is -2.24. The highest BCUT2D eigenvalue weighted by Gasteiger charge is 2.25. The highest BCUT2D eigenvalue weighted by molar-refractivity contribution is 5.73. The molecule has 0 bridgehead atoms. The highest BCUT2D eigenvalue weighted by Crippen LogP contribution is 2.13. The Morgan fingerprint density at radius 2 is 2.00 bits per heavy atom. The number of hydrogen-bond donors (Lipinski definition) is 2. The third kappa shape index (κ3) is 5.19. The summed E-state index contributed by atoms with van der Waals surface area (Å²) < 4.78 is 5.17. The first-order chi connectivity index (χ1) is 6.28. The molecule has 0 heterocycles. The van der Waals surface area contributed by atoms with Crippen LogP contribution in [0, 0.1) is 5.92 Å². The molecule has 0 aromatic carbocycles. The van der Waals surface area contributed by atoms with Crippen LogP contribution >= 0.6 is 0 Å². The van der Waals surface area contributed by atoms with E-state index >= 15 is 0 Å². The van der Waals surface area contributed by atoms with Gasteiger partial charge in [-0.15, -0.1) is 0 Å². The summed E-state index contributed by atoms with van der Waals surface area (Å²) in [7, 11) is 0. The van der Waals surface area contributed by atoms with Crippen LogP contribution in [0.3, 0.4) is 0 Å². The van der Waals surface area contributed by atoms with Crippen LogP contribution in [-0.2, 0) is 9.53 Å². The molecule has 2 atom stereocenters. The SMILES string of the molecule is CC(C(=O)OC(C)(C)C)[C@@H](N)CCO. The monoisotopic (exact) mass is 203 g/mol. The maximum atomic E-state index is 11.5. The summed E-state index contributed by atoms with van der Waals surface area (Å²) in [5.74, 6) is -0.681. The van der Waals surface area contributed by atoms with Gasteiger partial charge in [-0.1, -0.05) is 6.92 Å². The number of aliphatic hydroxyl groups excluding tert-OH is 1. The Hall–Kier alpha value is -0.610. The highest BCUT2D eigenvalue weighted by atomic mass is 16.6. The number of nitrogens with two attached hydrogens (primary N) is 1. The Kier molecular flexibility index (Phi) is 5.08. The molecule has 0 spiro atoms. The van der Waals surface area contributed by atoms with Gasteiger partial charge in [0.2, 0.25) is 0 Å². The van der Waals surface area contributed by atoms with E-state index in [4.69, 9.17) is 15.6 Å². The molecule has 0 fully saturated rings. The molecule has 0 saturated heterocycles. The van der Waals surface area contributed by atoms with Gasteiger partial charge in [-0.2, -0.15) is 0 Å². The Morgan fingerprint density at radius 1 is 1.50 bits per heavy atom. The molecule has 4 nitrogen and oxygen atoms in total. The number of carbonyl (C=O) groups is 1. The van der Waals surface area contributed by atoms with Crippen molar-refractivity contribution in [1.82, 2.24) is 0 Å². The summed E-state index contributed by atoms with van der Waals surface area (Å²) in [5.41, 5.74) is 5.20. The number of hydrogen-bond acceptors (Lipinski definition) is 4.